The van der Waals surface area contributed by atoms with Crippen LogP contribution in [0.4, 0.5) is 8.78 Å². The van der Waals surface area contributed by atoms with E-state index in [0.29, 0.717) is 6.42 Å². The highest BCUT2D eigenvalue weighted by Gasteiger charge is 2.50. The topological polar surface area (TPSA) is 77.7 Å². The Kier molecular flexibility index (Phi) is 4.70. The molecule has 0 aromatic rings. The molecule has 0 bridgehead atoms. The number of fused-ring (bicyclic) bond motifs is 1. The zero-order valence-corrected chi connectivity index (χ0v) is 13.5. The molecule has 7 nitrogen and oxygen atoms in total. The molecule has 4 fully saturated rings. The van der Waals surface area contributed by atoms with Crippen LogP contribution in [0.1, 0.15) is 25.7 Å². The van der Waals surface area contributed by atoms with E-state index in [4.69, 9.17) is 4.74 Å². The molecule has 136 valence electrons. The van der Waals surface area contributed by atoms with Crippen LogP contribution in [0, 0.1) is 5.92 Å². The number of hydrazine groups is 1. The first kappa shape index (κ1) is 16.6. The van der Waals surface area contributed by atoms with E-state index in [2.05, 4.69) is 26.4 Å². The van der Waals surface area contributed by atoms with Crippen molar-refractivity contribution in [1.82, 2.24) is 26.4 Å². The summed E-state index contributed by atoms with van der Waals surface area (Å²) in [6.45, 7) is 2.87. The number of nitrogens with zero attached hydrogens (tertiary/aromatic N) is 1. The van der Waals surface area contributed by atoms with Gasteiger partial charge in [-0.2, -0.15) is 0 Å². The highest BCUT2D eigenvalue weighted by molar-refractivity contribution is 5.75. The van der Waals surface area contributed by atoms with Gasteiger partial charge in [0.05, 0.1) is 12.2 Å². The first-order chi connectivity index (χ1) is 11.6. The van der Waals surface area contributed by atoms with Crippen molar-refractivity contribution in [3.05, 3.63) is 0 Å². The Morgan fingerprint density at radius 1 is 1.08 bits per heavy atom. The van der Waals surface area contributed by atoms with Gasteiger partial charge in [0.2, 0.25) is 0 Å². The summed E-state index contributed by atoms with van der Waals surface area (Å²) >= 11 is 0. The lowest BCUT2D eigenvalue weighted by molar-refractivity contribution is -0.177. The van der Waals surface area contributed by atoms with Crippen molar-refractivity contribution < 1.29 is 18.3 Å². The van der Waals surface area contributed by atoms with Crippen LogP contribution < -0.4 is 21.5 Å². The van der Waals surface area contributed by atoms with E-state index in [-0.39, 0.29) is 24.7 Å². The summed E-state index contributed by atoms with van der Waals surface area (Å²) in [4.78, 5) is 14.5. The third kappa shape index (κ3) is 3.03. The van der Waals surface area contributed by atoms with Gasteiger partial charge < -0.3 is 10.1 Å². The number of ether oxygens (including phenoxy) is 1. The standard InChI is InChI=1S/C15H25F2N5O2/c16-8-1-2-9-12(13(8)17)15(23)24-14(19-9)10-3-4-11(21-20-10)22-6-5-18-7-22/h8-14,18-21H,1-7H2. The molecule has 0 radical (unpaired) electrons. The summed E-state index contributed by atoms with van der Waals surface area (Å²) in [5.74, 6) is -1.64. The summed E-state index contributed by atoms with van der Waals surface area (Å²) in [7, 11) is 0. The number of hydrogen-bond acceptors (Lipinski definition) is 7. The van der Waals surface area contributed by atoms with Crippen LogP contribution in [0.2, 0.25) is 0 Å². The van der Waals surface area contributed by atoms with Gasteiger partial charge in [0.25, 0.3) is 0 Å². The highest BCUT2D eigenvalue weighted by atomic mass is 19.2. The molecule has 24 heavy (non-hydrogen) atoms. The van der Waals surface area contributed by atoms with Crippen molar-refractivity contribution in [1.29, 1.82) is 0 Å². The molecule has 3 heterocycles. The SMILES string of the molecule is O=C1OC(C2CCC(N3CCNC3)NN2)NC2CCC(F)C(F)C12. The fraction of sp³-hybridized carbons (Fsp3) is 0.933. The van der Waals surface area contributed by atoms with Gasteiger partial charge >= 0.3 is 5.97 Å². The Morgan fingerprint density at radius 3 is 2.62 bits per heavy atom. The number of carbonyl (C=O) groups excluding carboxylic acids is 1. The number of hydrogen-bond donors (Lipinski definition) is 4. The molecule has 7 atom stereocenters. The second-order valence-corrected chi connectivity index (χ2v) is 7.15. The maximum Gasteiger partial charge on any atom is 0.315 e. The fourth-order valence-electron chi connectivity index (χ4n) is 4.23. The molecule has 3 aliphatic heterocycles. The lowest BCUT2D eigenvalue weighted by atomic mass is 9.80. The van der Waals surface area contributed by atoms with E-state index in [0.717, 1.165) is 32.6 Å². The number of cyclic esters (lactones) is 1. The molecule has 7 unspecified atom stereocenters. The molecule has 4 N–H and O–H groups in total. The van der Waals surface area contributed by atoms with Gasteiger partial charge in [-0.3, -0.25) is 15.0 Å². The van der Waals surface area contributed by atoms with Gasteiger partial charge in [-0.15, -0.1) is 0 Å². The normalized spacial score (nSPS) is 47.2. The summed E-state index contributed by atoms with van der Waals surface area (Å²) in [6.07, 6.45) is -1.22. The van der Waals surface area contributed by atoms with Gasteiger partial charge in [-0.25, -0.2) is 19.6 Å². The number of alkyl halides is 2. The molecule has 4 aliphatic rings. The second kappa shape index (κ2) is 6.80. The van der Waals surface area contributed by atoms with Crippen molar-refractivity contribution in [2.75, 3.05) is 19.8 Å². The lowest BCUT2D eigenvalue weighted by Gasteiger charge is -2.45. The number of rotatable bonds is 2. The third-order valence-corrected chi connectivity index (χ3v) is 5.65. The number of esters is 1. The van der Waals surface area contributed by atoms with E-state index in [9.17, 15) is 13.6 Å². The van der Waals surface area contributed by atoms with E-state index < -0.39 is 30.5 Å². The summed E-state index contributed by atoms with van der Waals surface area (Å²) < 4.78 is 32.9. The Labute approximate surface area is 139 Å². The van der Waals surface area contributed by atoms with Crippen LogP contribution >= 0.6 is 0 Å². The number of nitrogens with one attached hydrogen (secondary N) is 4. The van der Waals surface area contributed by atoms with Crippen LogP contribution in [0.5, 0.6) is 0 Å². The van der Waals surface area contributed by atoms with Crippen molar-refractivity contribution in [2.45, 2.75) is 62.5 Å². The molecule has 4 rings (SSSR count). The van der Waals surface area contributed by atoms with E-state index >= 15 is 0 Å². The summed E-state index contributed by atoms with van der Waals surface area (Å²) in [5, 5.41) is 6.51. The molecule has 0 amide bonds. The summed E-state index contributed by atoms with van der Waals surface area (Å²) in [6, 6.07) is -0.427. The molecule has 0 aromatic heterocycles. The van der Waals surface area contributed by atoms with Crippen LogP contribution in [-0.4, -0.2) is 67.4 Å². The van der Waals surface area contributed by atoms with Crippen LogP contribution in [0.3, 0.4) is 0 Å². The van der Waals surface area contributed by atoms with Gasteiger partial charge in [-0.1, -0.05) is 0 Å². The molecular formula is C15H25F2N5O2. The predicted molar refractivity (Wildman–Crippen MR) is 82.0 cm³/mol. The molecule has 3 saturated heterocycles. The monoisotopic (exact) mass is 345 g/mol. The van der Waals surface area contributed by atoms with Crippen molar-refractivity contribution >= 4 is 5.97 Å². The van der Waals surface area contributed by atoms with E-state index in [1.807, 2.05) is 0 Å². The maximum absolute atomic E-state index is 14.0. The average Bonchev–Trinajstić information content (AvgIpc) is 3.12. The molecule has 0 aromatic carbocycles. The minimum atomic E-state index is -1.77. The van der Waals surface area contributed by atoms with E-state index in [1.54, 1.807) is 0 Å². The number of halogens is 2. The van der Waals surface area contributed by atoms with Gasteiger partial charge in [0.1, 0.15) is 18.3 Å². The zero-order chi connectivity index (χ0) is 16.7. The molecule has 0 spiro atoms. The Hall–Kier alpha value is -0.870. The molecule has 1 aliphatic carbocycles. The fourth-order valence-corrected chi connectivity index (χ4v) is 4.23. The first-order valence-corrected chi connectivity index (χ1v) is 8.84. The zero-order valence-electron chi connectivity index (χ0n) is 13.5. The Balaban J connectivity index is 1.34. The third-order valence-electron chi connectivity index (χ3n) is 5.65. The molecule has 1 saturated carbocycles. The van der Waals surface area contributed by atoms with E-state index in [1.165, 1.54) is 0 Å². The second-order valence-electron chi connectivity index (χ2n) is 7.15. The minimum absolute atomic E-state index is 0.0807. The Bertz CT molecular complexity index is 471. The smallest absolute Gasteiger partial charge is 0.315 e. The predicted octanol–water partition coefficient (Wildman–Crippen LogP) is -0.641. The maximum atomic E-state index is 14.0. The van der Waals surface area contributed by atoms with Gasteiger partial charge in [0.15, 0.2) is 6.23 Å². The Morgan fingerprint density at radius 2 is 1.92 bits per heavy atom. The van der Waals surface area contributed by atoms with Gasteiger partial charge in [0, 0.05) is 25.8 Å². The quantitative estimate of drug-likeness (QED) is 0.496. The summed E-state index contributed by atoms with van der Waals surface area (Å²) in [5.41, 5.74) is 6.51. The van der Waals surface area contributed by atoms with Crippen molar-refractivity contribution in [3.8, 4) is 0 Å². The first-order valence-electron chi connectivity index (χ1n) is 8.84. The molecule has 9 heteroatoms. The average molecular weight is 345 g/mol. The number of carbonyl (C=O) groups is 1. The van der Waals surface area contributed by atoms with Crippen LogP contribution in [-0.2, 0) is 9.53 Å². The highest BCUT2D eigenvalue weighted by Crippen LogP contribution is 2.34. The minimum Gasteiger partial charge on any atom is -0.444 e. The van der Waals surface area contributed by atoms with Crippen LogP contribution in [0.25, 0.3) is 0 Å². The lowest BCUT2D eigenvalue weighted by Crippen LogP contribution is -2.68. The van der Waals surface area contributed by atoms with Gasteiger partial charge in [-0.05, 0) is 25.7 Å². The molecular weight excluding hydrogens is 320 g/mol. The van der Waals surface area contributed by atoms with Crippen LogP contribution in [0.15, 0.2) is 0 Å². The largest absolute Gasteiger partial charge is 0.444 e. The van der Waals surface area contributed by atoms with Crippen molar-refractivity contribution in [2.24, 2.45) is 5.92 Å². The van der Waals surface area contributed by atoms with Crippen molar-refractivity contribution in [3.63, 3.8) is 0 Å².